The van der Waals surface area contributed by atoms with Crippen LogP contribution in [-0.4, -0.2) is 40.9 Å². The van der Waals surface area contributed by atoms with Crippen LogP contribution in [0, 0.1) is 13.8 Å². The topological polar surface area (TPSA) is 69.0 Å². The van der Waals surface area contributed by atoms with Gasteiger partial charge in [-0.1, -0.05) is 0 Å². The van der Waals surface area contributed by atoms with E-state index in [1.165, 1.54) is 9.75 Å². The minimum Gasteiger partial charge on any atom is -0.385 e. The number of amides is 1. The van der Waals surface area contributed by atoms with Crippen molar-refractivity contribution in [2.45, 2.75) is 40.2 Å². The second-order valence-electron chi connectivity index (χ2n) is 6.90. The third kappa shape index (κ3) is 4.04. The van der Waals surface area contributed by atoms with E-state index < -0.39 is 0 Å². The number of fused-ring (bicyclic) bond motifs is 1. The summed E-state index contributed by atoms with van der Waals surface area (Å²) in [5, 5.41) is 8.23. The van der Waals surface area contributed by atoms with Crippen molar-refractivity contribution in [1.29, 1.82) is 0 Å². The van der Waals surface area contributed by atoms with Crippen LogP contribution in [-0.2, 0) is 4.74 Å². The van der Waals surface area contributed by atoms with Crippen LogP contribution >= 0.6 is 11.3 Å². The fourth-order valence-electron chi connectivity index (χ4n) is 3.12. The van der Waals surface area contributed by atoms with Crippen LogP contribution in [0.5, 0.6) is 0 Å². The smallest absolute Gasteiger partial charge is 0.252 e. The van der Waals surface area contributed by atoms with Gasteiger partial charge in [-0.05, 0) is 46.2 Å². The van der Waals surface area contributed by atoms with Crippen LogP contribution < -0.4 is 5.32 Å². The highest BCUT2D eigenvalue weighted by molar-refractivity contribution is 7.12. The summed E-state index contributed by atoms with van der Waals surface area (Å²) in [6.45, 7) is 9.48. The number of nitrogens with zero attached hydrogens (tertiary/aromatic N) is 3. The van der Waals surface area contributed by atoms with E-state index in [1.54, 1.807) is 24.6 Å². The summed E-state index contributed by atoms with van der Waals surface area (Å²) in [6.07, 6.45) is 2.51. The average molecular weight is 387 g/mol. The van der Waals surface area contributed by atoms with Gasteiger partial charge in [0.2, 0.25) is 0 Å². The third-order valence-electron chi connectivity index (χ3n) is 4.43. The zero-order valence-corrected chi connectivity index (χ0v) is 17.3. The molecule has 0 aromatic carbocycles. The lowest BCUT2D eigenvalue weighted by Gasteiger charge is -2.11. The van der Waals surface area contributed by atoms with Crippen molar-refractivity contribution in [3.8, 4) is 11.3 Å². The van der Waals surface area contributed by atoms with Crippen molar-refractivity contribution in [2.75, 3.05) is 20.3 Å². The summed E-state index contributed by atoms with van der Waals surface area (Å²) in [5.41, 5.74) is 3.24. The van der Waals surface area contributed by atoms with Gasteiger partial charge in [0.15, 0.2) is 5.65 Å². The second-order valence-corrected chi connectivity index (χ2v) is 8.36. The summed E-state index contributed by atoms with van der Waals surface area (Å²) in [5.74, 6) is -0.104. The van der Waals surface area contributed by atoms with Gasteiger partial charge in [0.25, 0.3) is 5.91 Å². The van der Waals surface area contributed by atoms with E-state index >= 15 is 0 Å². The Bertz CT molecular complexity index is 958. The molecule has 0 fully saturated rings. The van der Waals surface area contributed by atoms with Crippen molar-refractivity contribution in [2.24, 2.45) is 0 Å². The summed E-state index contributed by atoms with van der Waals surface area (Å²) in [7, 11) is 1.66. The molecular formula is C20H26N4O2S. The van der Waals surface area contributed by atoms with E-state index in [2.05, 4.69) is 44.2 Å². The molecule has 0 bridgehead atoms. The minimum atomic E-state index is -0.104. The molecule has 0 unspecified atom stereocenters. The summed E-state index contributed by atoms with van der Waals surface area (Å²) in [4.78, 5) is 20.1. The highest BCUT2D eigenvalue weighted by Gasteiger charge is 2.19. The maximum Gasteiger partial charge on any atom is 0.252 e. The van der Waals surface area contributed by atoms with Gasteiger partial charge in [-0.15, -0.1) is 11.3 Å². The quantitative estimate of drug-likeness (QED) is 0.620. The molecule has 3 aromatic heterocycles. The van der Waals surface area contributed by atoms with Crippen LogP contribution in [0.2, 0.25) is 0 Å². The molecule has 7 heteroatoms. The summed E-state index contributed by atoms with van der Waals surface area (Å²) >= 11 is 1.74. The molecule has 0 spiro atoms. The number of hydrogen-bond donors (Lipinski definition) is 1. The number of nitrogens with one attached hydrogen (secondary N) is 1. The van der Waals surface area contributed by atoms with Gasteiger partial charge in [-0.2, -0.15) is 5.10 Å². The Balaban J connectivity index is 2.08. The van der Waals surface area contributed by atoms with Gasteiger partial charge in [0, 0.05) is 41.6 Å². The Labute approximate surface area is 163 Å². The number of hydrogen-bond acceptors (Lipinski definition) is 5. The molecule has 27 heavy (non-hydrogen) atoms. The molecule has 0 atom stereocenters. The van der Waals surface area contributed by atoms with Crippen molar-refractivity contribution in [3.05, 3.63) is 33.6 Å². The van der Waals surface area contributed by atoms with Crippen LogP contribution in [0.4, 0.5) is 0 Å². The van der Waals surface area contributed by atoms with E-state index in [0.717, 1.165) is 28.7 Å². The molecule has 0 saturated heterocycles. The normalized spacial score (nSPS) is 11.5. The molecule has 0 aliphatic heterocycles. The molecular weight excluding hydrogens is 360 g/mol. The number of pyridine rings is 1. The van der Waals surface area contributed by atoms with Crippen LogP contribution in [0.15, 0.2) is 18.3 Å². The van der Waals surface area contributed by atoms with Crippen LogP contribution in [0.3, 0.4) is 0 Å². The Morgan fingerprint density at radius 3 is 2.74 bits per heavy atom. The van der Waals surface area contributed by atoms with Gasteiger partial charge in [-0.25, -0.2) is 9.67 Å². The second kappa shape index (κ2) is 8.19. The molecule has 0 radical (unpaired) electrons. The van der Waals surface area contributed by atoms with Crippen molar-refractivity contribution in [3.63, 3.8) is 0 Å². The van der Waals surface area contributed by atoms with Crippen molar-refractivity contribution < 1.29 is 9.53 Å². The fourth-order valence-corrected chi connectivity index (χ4v) is 4.05. The van der Waals surface area contributed by atoms with Crippen molar-refractivity contribution in [1.82, 2.24) is 20.1 Å². The van der Waals surface area contributed by atoms with Crippen LogP contribution in [0.25, 0.3) is 22.3 Å². The molecule has 3 aromatic rings. The van der Waals surface area contributed by atoms with E-state index in [4.69, 9.17) is 9.72 Å². The first-order chi connectivity index (χ1) is 12.9. The molecule has 144 valence electrons. The van der Waals surface area contributed by atoms with E-state index in [1.807, 2.05) is 10.7 Å². The molecule has 0 aliphatic carbocycles. The zero-order valence-electron chi connectivity index (χ0n) is 16.5. The summed E-state index contributed by atoms with van der Waals surface area (Å²) < 4.78 is 6.92. The lowest BCUT2D eigenvalue weighted by molar-refractivity contribution is 0.0950. The minimum absolute atomic E-state index is 0.104. The number of carbonyl (C=O) groups excluding carboxylic acids is 1. The monoisotopic (exact) mass is 386 g/mol. The number of rotatable bonds is 7. The molecule has 1 amide bonds. The number of thiophene rings is 1. The molecule has 1 N–H and O–H groups in total. The lowest BCUT2D eigenvalue weighted by atomic mass is 10.1. The average Bonchev–Trinajstić information content (AvgIpc) is 3.20. The summed E-state index contributed by atoms with van der Waals surface area (Å²) in [6, 6.07) is 4.17. The van der Waals surface area contributed by atoms with Gasteiger partial charge < -0.3 is 10.1 Å². The van der Waals surface area contributed by atoms with Crippen molar-refractivity contribution >= 4 is 28.3 Å². The number of aryl methyl sites for hydroxylation is 2. The lowest BCUT2D eigenvalue weighted by Crippen LogP contribution is -2.25. The number of methoxy groups -OCH3 is 1. The number of aromatic nitrogens is 3. The standard InChI is InChI=1S/C20H26N4O2S/c1-12(2)24-19-17(11-22-24)16(20(25)21-7-6-8-26-5)10-18(23-19)15-9-13(3)27-14(15)4/h9-12H,6-8H2,1-5H3,(H,21,25). The number of carbonyl (C=O) groups is 1. The molecule has 6 nitrogen and oxygen atoms in total. The maximum atomic E-state index is 12.9. The fraction of sp³-hybridized carbons (Fsp3) is 0.450. The number of ether oxygens (including phenoxy) is 1. The predicted octanol–water partition coefficient (Wildman–Crippen LogP) is 4.12. The first kappa shape index (κ1) is 19.5. The highest BCUT2D eigenvalue weighted by Crippen LogP contribution is 2.32. The Morgan fingerprint density at radius 1 is 1.33 bits per heavy atom. The first-order valence-corrected chi connectivity index (χ1v) is 9.96. The Kier molecular flexibility index (Phi) is 5.92. The van der Waals surface area contributed by atoms with E-state index in [0.29, 0.717) is 18.7 Å². The molecule has 0 aliphatic rings. The van der Waals surface area contributed by atoms with Gasteiger partial charge in [0.1, 0.15) is 0 Å². The molecule has 0 saturated carbocycles. The van der Waals surface area contributed by atoms with Crippen LogP contribution in [0.1, 0.15) is 46.4 Å². The maximum absolute atomic E-state index is 12.9. The van der Waals surface area contributed by atoms with Gasteiger partial charge >= 0.3 is 0 Å². The predicted molar refractivity (Wildman–Crippen MR) is 110 cm³/mol. The zero-order chi connectivity index (χ0) is 19.6. The van der Waals surface area contributed by atoms with Gasteiger partial charge in [-0.3, -0.25) is 4.79 Å². The van der Waals surface area contributed by atoms with Gasteiger partial charge in [0.05, 0.1) is 22.8 Å². The van der Waals surface area contributed by atoms with E-state index in [-0.39, 0.29) is 11.9 Å². The molecule has 3 heterocycles. The first-order valence-electron chi connectivity index (χ1n) is 9.15. The largest absolute Gasteiger partial charge is 0.385 e. The van der Waals surface area contributed by atoms with E-state index in [9.17, 15) is 4.79 Å². The highest BCUT2D eigenvalue weighted by atomic mass is 32.1. The third-order valence-corrected chi connectivity index (χ3v) is 5.39. The molecule has 3 rings (SSSR count). The SMILES string of the molecule is COCCCNC(=O)c1cc(-c2cc(C)sc2C)nc2c1cnn2C(C)C. The Morgan fingerprint density at radius 2 is 2.11 bits per heavy atom. The Hall–Kier alpha value is -2.25.